The first-order valence-electron chi connectivity index (χ1n) is 9.00. The van der Waals surface area contributed by atoms with E-state index in [0.29, 0.717) is 42.1 Å². The number of aromatic amines is 1. The number of nitrogens with one attached hydrogen (secondary N) is 2. The molecule has 0 fully saturated rings. The predicted octanol–water partition coefficient (Wildman–Crippen LogP) is 2.18. The molecule has 0 saturated heterocycles. The zero-order chi connectivity index (χ0) is 19.6. The number of rotatable bonds is 5. The highest BCUT2D eigenvalue weighted by Gasteiger charge is 2.23. The van der Waals surface area contributed by atoms with E-state index in [4.69, 9.17) is 0 Å². The molecule has 2 aromatic rings. The van der Waals surface area contributed by atoms with Gasteiger partial charge in [0, 0.05) is 37.2 Å². The first kappa shape index (κ1) is 18.6. The van der Waals surface area contributed by atoms with Gasteiger partial charge in [-0.2, -0.15) is 0 Å². The second-order valence-corrected chi connectivity index (χ2v) is 6.62. The third-order valence-electron chi connectivity index (χ3n) is 4.35. The number of carbonyl (C=O) groups excluding carboxylic acids is 2. The van der Waals surface area contributed by atoms with Crippen LogP contribution in [0.5, 0.6) is 0 Å². The van der Waals surface area contributed by atoms with Crippen LogP contribution in [-0.4, -0.2) is 50.8 Å². The molecule has 2 aromatic heterocycles. The van der Waals surface area contributed by atoms with Crippen LogP contribution in [0.2, 0.25) is 0 Å². The minimum absolute atomic E-state index is 0.0316. The molecule has 2 N–H and O–H groups in total. The van der Waals surface area contributed by atoms with Crippen LogP contribution in [0, 0.1) is 0 Å². The van der Waals surface area contributed by atoms with Gasteiger partial charge in [-0.25, -0.2) is 9.97 Å². The van der Waals surface area contributed by atoms with Crippen LogP contribution in [0.15, 0.2) is 36.9 Å². The average Bonchev–Trinajstić information content (AvgIpc) is 3.09. The van der Waals surface area contributed by atoms with Crippen molar-refractivity contribution in [2.24, 2.45) is 0 Å². The molecule has 2 amide bonds. The second kappa shape index (κ2) is 7.61. The normalized spacial score (nSPS) is 14.4. The van der Waals surface area contributed by atoms with E-state index in [2.05, 4.69) is 26.8 Å². The van der Waals surface area contributed by atoms with Crippen LogP contribution in [-0.2, 0) is 4.79 Å². The van der Waals surface area contributed by atoms with Crippen LogP contribution in [0.1, 0.15) is 37.6 Å². The minimum Gasteiger partial charge on any atom is -0.350 e. The Morgan fingerprint density at radius 1 is 1.41 bits per heavy atom. The van der Waals surface area contributed by atoms with Crippen molar-refractivity contribution in [1.82, 2.24) is 25.2 Å². The van der Waals surface area contributed by atoms with E-state index in [1.807, 2.05) is 31.9 Å². The lowest BCUT2D eigenvalue weighted by molar-refractivity contribution is -0.124. The Morgan fingerprint density at radius 3 is 2.85 bits per heavy atom. The molecule has 1 aliphatic rings. The molecule has 1 aliphatic heterocycles. The van der Waals surface area contributed by atoms with Gasteiger partial charge in [0.05, 0.1) is 11.8 Å². The first-order valence-corrected chi connectivity index (χ1v) is 9.00. The van der Waals surface area contributed by atoms with Crippen molar-refractivity contribution in [2.75, 3.05) is 18.0 Å². The molecule has 0 saturated carbocycles. The minimum atomic E-state index is -0.186. The lowest BCUT2D eigenvalue weighted by Gasteiger charge is -2.33. The Kier molecular flexibility index (Phi) is 5.25. The lowest BCUT2D eigenvalue weighted by Crippen LogP contribution is -2.41. The number of fused-ring (bicyclic) bond motifs is 1. The summed E-state index contributed by atoms with van der Waals surface area (Å²) in [6, 6.07) is 0.0316. The van der Waals surface area contributed by atoms with Gasteiger partial charge >= 0.3 is 0 Å². The Balaban J connectivity index is 1.94. The highest BCUT2D eigenvalue weighted by Crippen LogP contribution is 2.23. The fourth-order valence-electron chi connectivity index (χ4n) is 3.02. The topological polar surface area (TPSA) is 94.2 Å². The highest BCUT2D eigenvalue weighted by molar-refractivity contribution is 6.04. The van der Waals surface area contributed by atoms with Crippen LogP contribution in [0.25, 0.3) is 11.2 Å². The monoisotopic (exact) mass is 368 g/mol. The summed E-state index contributed by atoms with van der Waals surface area (Å²) in [5.41, 5.74) is 2.45. The molecule has 0 radical (unpaired) electrons. The Labute approximate surface area is 158 Å². The molecule has 8 heteroatoms. The number of anilines is 1. The molecule has 0 aliphatic carbocycles. The number of carbonyl (C=O) groups is 2. The summed E-state index contributed by atoms with van der Waals surface area (Å²) in [6.45, 7) is 10.5. The van der Waals surface area contributed by atoms with Gasteiger partial charge in [-0.15, -0.1) is 0 Å². The zero-order valence-electron chi connectivity index (χ0n) is 15.8. The van der Waals surface area contributed by atoms with Crippen LogP contribution in [0.4, 0.5) is 5.82 Å². The van der Waals surface area contributed by atoms with Gasteiger partial charge in [0.2, 0.25) is 5.91 Å². The maximum absolute atomic E-state index is 12.4. The molecule has 0 spiro atoms. The Bertz CT molecular complexity index is 914. The van der Waals surface area contributed by atoms with Crippen molar-refractivity contribution < 1.29 is 9.59 Å². The van der Waals surface area contributed by atoms with Crippen molar-refractivity contribution in [1.29, 1.82) is 0 Å². The number of amides is 2. The summed E-state index contributed by atoms with van der Waals surface area (Å²) in [4.78, 5) is 40.1. The maximum atomic E-state index is 12.4. The number of hydrogen-bond acceptors (Lipinski definition) is 5. The molecule has 3 rings (SSSR count). The molecule has 8 nitrogen and oxygen atoms in total. The molecule has 0 aromatic carbocycles. The van der Waals surface area contributed by atoms with Gasteiger partial charge < -0.3 is 20.1 Å². The third kappa shape index (κ3) is 3.69. The van der Waals surface area contributed by atoms with Gasteiger partial charge in [0.15, 0.2) is 11.5 Å². The van der Waals surface area contributed by atoms with Gasteiger partial charge in [-0.3, -0.25) is 9.59 Å². The number of hydrogen-bond donors (Lipinski definition) is 2. The van der Waals surface area contributed by atoms with Crippen molar-refractivity contribution in [2.45, 2.75) is 33.2 Å². The van der Waals surface area contributed by atoms with Gasteiger partial charge in [0.25, 0.3) is 5.91 Å². The van der Waals surface area contributed by atoms with Crippen molar-refractivity contribution in [3.63, 3.8) is 0 Å². The smallest absolute Gasteiger partial charge is 0.255 e. The standard InChI is InChI=1S/C19H24N6O2/c1-5-13-11-24(7-8-25(13)16(26)6-2)15-10-21-18-17(23-15)14(9-20-18)19(27)22-12(3)4/h6,9-12H,2,5,7-8H2,1,3-4H3,(H,20,21)(H,22,27). The number of nitrogens with zero attached hydrogens (tertiary/aromatic N) is 4. The van der Waals surface area contributed by atoms with Crippen LogP contribution < -0.4 is 10.2 Å². The molecular weight excluding hydrogens is 344 g/mol. The molecule has 142 valence electrons. The van der Waals surface area contributed by atoms with E-state index in [1.54, 1.807) is 17.3 Å². The summed E-state index contributed by atoms with van der Waals surface area (Å²) < 4.78 is 0. The fourth-order valence-corrected chi connectivity index (χ4v) is 3.02. The predicted molar refractivity (Wildman–Crippen MR) is 104 cm³/mol. The summed E-state index contributed by atoms with van der Waals surface area (Å²) in [6.07, 6.45) is 7.22. The van der Waals surface area contributed by atoms with Gasteiger partial charge in [-0.05, 0) is 26.3 Å². The Hall–Kier alpha value is -3.16. The molecule has 0 bridgehead atoms. The first-order chi connectivity index (χ1) is 12.9. The van der Waals surface area contributed by atoms with Gasteiger partial charge in [0.1, 0.15) is 5.52 Å². The number of H-pyrrole nitrogens is 1. The lowest BCUT2D eigenvalue weighted by atomic mass is 10.2. The summed E-state index contributed by atoms with van der Waals surface area (Å²) >= 11 is 0. The molecule has 0 unspecified atom stereocenters. The quantitative estimate of drug-likeness (QED) is 0.789. The Morgan fingerprint density at radius 2 is 2.19 bits per heavy atom. The van der Waals surface area contributed by atoms with E-state index >= 15 is 0 Å². The molecule has 27 heavy (non-hydrogen) atoms. The summed E-state index contributed by atoms with van der Waals surface area (Å²) in [5.74, 6) is 0.341. The SMILES string of the molecule is C=CC(=O)N1CCN(c2cnc3[nH]cc(C(=O)NC(C)C)c3n2)C=C1CC. The van der Waals surface area contributed by atoms with E-state index in [-0.39, 0.29) is 17.9 Å². The largest absolute Gasteiger partial charge is 0.350 e. The summed E-state index contributed by atoms with van der Waals surface area (Å²) in [7, 11) is 0. The highest BCUT2D eigenvalue weighted by atomic mass is 16.2. The third-order valence-corrected chi connectivity index (χ3v) is 4.35. The maximum Gasteiger partial charge on any atom is 0.255 e. The second-order valence-electron chi connectivity index (χ2n) is 6.62. The zero-order valence-corrected chi connectivity index (χ0v) is 15.8. The summed E-state index contributed by atoms with van der Waals surface area (Å²) in [5, 5.41) is 2.87. The molecule has 3 heterocycles. The van der Waals surface area contributed by atoms with Crippen molar-refractivity contribution in [3.05, 3.63) is 42.5 Å². The van der Waals surface area contributed by atoms with E-state index < -0.39 is 0 Å². The number of allylic oxidation sites excluding steroid dienone is 1. The van der Waals surface area contributed by atoms with E-state index in [0.717, 1.165) is 5.70 Å². The van der Waals surface area contributed by atoms with Crippen LogP contribution >= 0.6 is 0 Å². The number of aromatic nitrogens is 3. The van der Waals surface area contributed by atoms with E-state index in [9.17, 15) is 9.59 Å². The van der Waals surface area contributed by atoms with Crippen molar-refractivity contribution >= 4 is 28.8 Å². The van der Waals surface area contributed by atoms with E-state index in [1.165, 1.54) is 6.08 Å². The molecular formula is C19H24N6O2. The average molecular weight is 368 g/mol. The van der Waals surface area contributed by atoms with Crippen molar-refractivity contribution in [3.8, 4) is 0 Å². The fraction of sp³-hybridized carbons (Fsp3) is 0.368. The molecule has 0 atom stereocenters. The van der Waals surface area contributed by atoms with Crippen LogP contribution in [0.3, 0.4) is 0 Å². The van der Waals surface area contributed by atoms with Gasteiger partial charge in [-0.1, -0.05) is 13.5 Å².